The summed E-state index contributed by atoms with van der Waals surface area (Å²) in [5.74, 6) is -0.113. The average Bonchev–Trinajstić information content (AvgIpc) is 2.54. The molecule has 3 rings (SSSR count). The standard InChI is InChI=1S/C17H12O4/c1-20-17(19)13-9-5-8-12-14(18)10-15(21-16(12)13)11-6-3-2-4-7-11/h2-10H,1H3. The zero-order chi connectivity index (χ0) is 14.8. The van der Waals surface area contributed by atoms with Crippen molar-refractivity contribution in [3.05, 3.63) is 70.4 Å². The Balaban J connectivity index is 2.32. The Morgan fingerprint density at radius 1 is 1.05 bits per heavy atom. The summed E-state index contributed by atoms with van der Waals surface area (Å²) in [4.78, 5) is 24.0. The molecule has 0 amide bonds. The molecule has 21 heavy (non-hydrogen) atoms. The molecule has 0 aliphatic heterocycles. The third-order valence-electron chi connectivity index (χ3n) is 3.22. The number of carbonyl (C=O) groups excluding carboxylic acids is 1. The van der Waals surface area contributed by atoms with E-state index in [4.69, 9.17) is 9.15 Å². The topological polar surface area (TPSA) is 56.5 Å². The van der Waals surface area contributed by atoms with Gasteiger partial charge in [-0.1, -0.05) is 36.4 Å². The summed E-state index contributed by atoms with van der Waals surface area (Å²) >= 11 is 0. The molecule has 1 heterocycles. The second-order valence-electron chi connectivity index (χ2n) is 4.51. The molecule has 4 nitrogen and oxygen atoms in total. The number of carbonyl (C=O) groups is 1. The second-order valence-corrected chi connectivity index (χ2v) is 4.51. The maximum Gasteiger partial charge on any atom is 0.341 e. The highest BCUT2D eigenvalue weighted by atomic mass is 16.5. The van der Waals surface area contributed by atoms with Crippen LogP contribution in [0.15, 0.2) is 63.8 Å². The molecule has 0 aliphatic rings. The van der Waals surface area contributed by atoms with Gasteiger partial charge in [-0.25, -0.2) is 4.79 Å². The van der Waals surface area contributed by atoms with Crippen molar-refractivity contribution in [1.29, 1.82) is 0 Å². The summed E-state index contributed by atoms with van der Waals surface area (Å²) in [5.41, 5.74) is 1.07. The van der Waals surface area contributed by atoms with E-state index in [1.54, 1.807) is 18.2 Å². The number of esters is 1. The van der Waals surface area contributed by atoms with Crippen molar-refractivity contribution in [2.24, 2.45) is 0 Å². The largest absolute Gasteiger partial charge is 0.465 e. The van der Waals surface area contributed by atoms with E-state index in [9.17, 15) is 9.59 Å². The molecule has 2 aromatic carbocycles. The van der Waals surface area contributed by atoms with Crippen LogP contribution in [0.3, 0.4) is 0 Å². The van der Waals surface area contributed by atoms with Crippen LogP contribution in [0.5, 0.6) is 0 Å². The Kier molecular flexibility index (Phi) is 3.28. The Bertz CT molecular complexity index is 863. The molecule has 104 valence electrons. The smallest absolute Gasteiger partial charge is 0.341 e. The van der Waals surface area contributed by atoms with Gasteiger partial charge in [0.15, 0.2) is 11.0 Å². The minimum Gasteiger partial charge on any atom is -0.465 e. The van der Waals surface area contributed by atoms with Crippen LogP contribution >= 0.6 is 0 Å². The van der Waals surface area contributed by atoms with E-state index in [-0.39, 0.29) is 16.6 Å². The summed E-state index contributed by atoms with van der Waals surface area (Å²) in [7, 11) is 1.29. The van der Waals surface area contributed by atoms with Crippen LogP contribution in [0, 0.1) is 0 Å². The fraction of sp³-hybridized carbons (Fsp3) is 0.0588. The minimum absolute atomic E-state index is 0.194. The van der Waals surface area contributed by atoms with Crippen molar-refractivity contribution in [1.82, 2.24) is 0 Å². The lowest BCUT2D eigenvalue weighted by atomic mass is 10.1. The third-order valence-corrected chi connectivity index (χ3v) is 3.22. The first-order valence-electron chi connectivity index (χ1n) is 6.41. The van der Waals surface area contributed by atoms with Gasteiger partial charge in [-0.15, -0.1) is 0 Å². The highest BCUT2D eigenvalue weighted by molar-refractivity contribution is 6.01. The third kappa shape index (κ3) is 2.31. The van der Waals surface area contributed by atoms with Crippen LogP contribution in [0.4, 0.5) is 0 Å². The van der Waals surface area contributed by atoms with Gasteiger partial charge in [-0.3, -0.25) is 4.79 Å². The van der Waals surface area contributed by atoms with Crippen molar-refractivity contribution in [2.45, 2.75) is 0 Å². The van der Waals surface area contributed by atoms with Crippen LogP contribution < -0.4 is 5.43 Å². The molecule has 1 aromatic heterocycles. The van der Waals surface area contributed by atoms with E-state index in [2.05, 4.69) is 0 Å². The molecule has 0 bridgehead atoms. The highest BCUT2D eigenvalue weighted by Gasteiger charge is 2.15. The maximum absolute atomic E-state index is 12.2. The molecular formula is C17H12O4. The Morgan fingerprint density at radius 2 is 1.81 bits per heavy atom. The van der Waals surface area contributed by atoms with Crippen molar-refractivity contribution in [2.75, 3.05) is 7.11 Å². The summed E-state index contributed by atoms with van der Waals surface area (Å²) < 4.78 is 10.5. The van der Waals surface area contributed by atoms with Gasteiger partial charge < -0.3 is 9.15 Å². The summed E-state index contributed by atoms with van der Waals surface area (Å²) in [6.45, 7) is 0. The number of benzene rings is 2. The number of rotatable bonds is 2. The Morgan fingerprint density at radius 3 is 2.52 bits per heavy atom. The van der Waals surface area contributed by atoms with Crippen LogP contribution in [0.25, 0.3) is 22.3 Å². The number of para-hydroxylation sites is 1. The molecule has 0 atom stereocenters. The lowest BCUT2D eigenvalue weighted by Gasteiger charge is -2.06. The summed E-state index contributed by atoms with van der Waals surface area (Å²) in [5, 5.41) is 0.359. The van der Waals surface area contributed by atoms with Crippen LogP contribution in [-0.2, 0) is 4.74 Å². The molecule has 0 saturated heterocycles. The fourth-order valence-corrected chi connectivity index (χ4v) is 2.19. The van der Waals surface area contributed by atoms with E-state index < -0.39 is 5.97 Å². The SMILES string of the molecule is COC(=O)c1cccc2c(=O)cc(-c3ccccc3)oc12. The quantitative estimate of drug-likeness (QED) is 0.676. The molecule has 0 aliphatic carbocycles. The van der Waals surface area contributed by atoms with E-state index in [0.29, 0.717) is 11.1 Å². The van der Waals surface area contributed by atoms with Crippen molar-refractivity contribution in [3.63, 3.8) is 0 Å². The van der Waals surface area contributed by atoms with Gasteiger partial charge in [0.1, 0.15) is 11.3 Å². The number of hydrogen-bond acceptors (Lipinski definition) is 4. The van der Waals surface area contributed by atoms with Gasteiger partial charge in [-0.05, 0) is 12.1 Å². The van der Waals surface area contributed by atoms with Gasteiger partial charge in [0.25, 0.3) is 0 Å². The molecule has 0 unspecified atom stereocenters. The number of ether oxygens (including phenoxy) is 1. The summed E-state index contributed by atoms with van der Waals surface area (Å²) in [6, 6.07) is 15.5. The normalized spacial score (nSPS) is 10.5. The highest BCUT2D eigenvalue weighted by Crippen LogP contribution is 2.24. The van der Waals surface area contributed by atoms with Crippen LogP contribution in [-0.4, -0.2) is 13.1 Å². The van der Waals surface area contributed by atoms with Gasteiger partial charge in [0, 0.05) is 11.6 Å². The maximum atomic E-state index is 12.2. The van der Waals surface area contributed by atoms with Gasteiger partial charge in [0.05, 0.1) is 12.5 Å². The molecule has 0 fully saturated rings. The fourth-order valence-electron chi connectivity index (χ4n) is 2.19. The van der Waals surface area contributed by atoms with Crippen LogP contribution in [0.1, 0.15) is 10.4 Å². The number of hydrogen-bond donors (Lipinski definition) is 0. The first kappa shape index (κ1) is 13.1. The Labute approximate surface area is 120 Å². The molecule has 0 radical (unpaired) electrons. The molecule has 4 heteroatoms. The second kappa shape index (κ2) is 5.25. The average molecular weight is 280 g/mol. The first-order chi connectivity index (χ1) is 10.2. The zero-order valence-electron chi connectivity index (χ0n) is 11.3. The Hall–Kier alpha value is -2.88. The minimum atomic E-state index is -0.533. The van der Waals surface area contributed by atoms with Gasteiger partial charge in [0.2, 0.25) is 0 Å². The van der Waals surface area contributed by atoms with E-state index in [1.807, 2.05) is 30.3 Å². The molecule has 3 aromatic rings. The molecule has 0 saturated carbocycles. The van der Waals surface area contributed by atoms with Crippen molar-refractivity contribution >= 4 is 16.9 Å². The van der Waals surface area contributed by atoms with E-state index in [0.717, 1.165) is 5.56 Å². The van der Waals surface area contributed by atoms with E-state index in [1.165, 1.54) is 13.2 Å². The molecule has 0 spiro atoms. The zero-order valence-corrected chi connectivity index (χ0v) is 11.3. The lowest BCUT2D eigenvalue weighted by Crippen LogP contribution is -2.06. The monoisotopic (exact) mass is 280 g/mol. The number of methoxy groups -OCH3 is 1. The first-order valence-corrected chi connectivity index (χ1v) is 6.41. The van der Waals surface area contributed by atoms with Crippen LogP contribution in [0.2, 0.25) is 0 Å². The number of fused-ring (bicyclic) bond motifs is 1. The molecular weight excluding hydrogens is 268 g/mol. The van der Waals surface area contributed by atoms with Crippen molar-refractivity contribution < 1.29 is 13.9 Å². The molecule has 0 N–H and O–H groups in total. The van der Waals surface area contributed by atoms with E-state index >= 15 is 0 Å². The van der Waals surface area contributed by atoms with Crippen molar-refractivity contribution in [3.8, 4) is 11.3 Å². The van der Waals surface area contributed by atoms with Gasteiger partial charge in [-0.2, -0.15) is 0 Å². The predicted molar refractivity (Wildman–Crippen MR) is 79.3 cm³/mol. The lowest BCUT2D eigenvalue weighted by molar-refractivity contribution is 0.0601. The summed E-state index contributed by atoms with van der Waals surface area (Å²) in [6.07, 6.45) is 0. The van der Waals surface area contributed by atoms with Gasteiger partial charge >= 0.3 is 5.97 Å². The predicted octanol–water partition coefficient (Wildman–Crippen LogP) is 3.25.